The predicted octanol–water partition coefficient (Wildman–Crippen LogP) is 8.49. The lowest BCUT2D eigenvalue weighted by molar-refractivity contribution is 0.308. The van der Waals surface area contributed by atoms with Gasteiger partial charge >= 0.3 is 0 Å². The lowest BCUT2D eigenvalue weighted by Crippen LogP contribution is -2.13. The van der Waals surface area contributed by atoms with Gasteiger partial charge in [0.2, 0.25) is 0 Å². The van der Waals surface area contributed by atoms with Crippen molar-refractivity contribution >= 4 is 0 Å². The summed E-state index contributed by atoms with van der Waals surface area (Å²) >= 11 is 0. The first-order valence-electron chi connectivity index (χ1n) is 11.8. The van der Waals surface area contributed by atoms with Crippen LogP contribution in [0.1, 0.15) is 68.1 Å². The van der Waals surface area contributed by atoms with Crippen molar-refractivity contribution in [1.29, 1.82) is 0 Å². The van der Waals surface area contributed by atoms with E-state index >= 15 is 0 Å². The summed E-state index contributed by atoms with van der Waals surface area (Å²) in [6.45, 7) is 2.26. The van der Waals surface area contributed by atoms with Crippen molar-refractivity contribution in [3.05, 3.63) is 95.1 Å². The minimum atomic E-state index is -0.194. The van der Waals surface area contributed by atoms with Crippen LogP contribution in [0.2, 0.25) is 0 Å². The summed E-state index contributed by atoms with van der Waals surface area (Å²) in [5.41, 5.74) is 4.90. The second-order valence-electron chi connectivity index (χ2n) is 9.07. The highest BCUT2D eigenvalue weighted by atomic mass is 19.1. The first kappa shape index (κ1) is 21.7. The topological polar surface area (TPSA) is 0 Å². The van der Waals surface area contributed by atoms with Gasteiger partial charge in [-0.15, -0.1) is 0 Å². The Kier molecular flexibility index (Phi) is 7.17. The number of aryl methyl sites for hydroxylation is 2. The summed E-state index contributed by atoms with van der Waals surface area (Å²) in [7, 11) is 0. The number of rotatable bonds is 7. The second kappa shape index (κ2) is 10.2. The molecule has 0 atom stereocenters. The van der Waals surface area contributed by atoms with Gasteiger partial charge < -0.3 is 0 Å². The highest BCUT2D eigenvalue weighted by molar-refractivity contribution is 5.65. The predicted molar refractivity (Wildman–Crippen MR) is 125 cm³/mol. The molecule has 4 rings (SSSR count). The molecule has 0 saturated heterocycles. The Labute approximate surface area is 185 Å². The molecule has 0 spiro atoms. The number of benzene rings is 3. The molecule has 1 fully saturated rings. The summed E-state index contributed by atoms with van der Waals surface area (Å²) in [4.78, 5) is 0. The van der Waals surface area contributed by atoms with Crippen LogP contribution in [0.4, 0.5) is 8.78 Å². The van der Waals surface area contributed by atoms with E-state index in [0.29, 0.717) is 11.5 Å². The second-order valence-corrected chi connectivity index (χ2v) is 9.07. The molecule has 3 aromatic carbocycles. The quantitative estimate of drug-likeness (QED) is 0.361. The van der Waals surface area contributed by atoms with Gasteiger partial charge in [-0.2, -0.15) is 0 Å². The third kappa shape index (κ3) is 5.61. The Morgan fingerprint density at radius 3 is 2.19 bits per heavy atom. The van der Waals surface area contributed by atoms with E-state index in [1.54, 1.807) is 18.2 Å². The van der Waals surface area contributed by atoms with Crippen LogP contribution in [-0.4, -0.2) is 0 Å². The van der Waals surface area contributed by atoms with Crippen LogP contribution in [0.5, 0.6) is 0 Å². The minimum absolute atomic E-state index is 0.124. The molecule has 1 saturated carbocycles. The molecule has 0 bridgehead atoms. The van der Waals surface area contributed by atoms with Crippen LogP contribution in [0.25, 0.3) is 11.1 Å². The molecule has 0 nitrogen and oxygen atoms in total. The van der Waals surface area contributed by atoms with Crippen LogP contribution in [0.15, 0.2) is 66.7 Å². The van der Waals surface area contributed by atoms with E-state index in [0.717, 1.165) is 35.4 Å². The van der Waals surface area contributed by atoms with Crippen molar-refractivity contribution in [2.75, 3.05) is 0 Å². The third-order valence-corrected chi connectivity index (χ3v) is 6.86. The SMILES string of the molecule is CCCC1CCC(c2ccc(-c3ccc(CCc4cccc(F)c4)cc3)c(F)c2)CC1. The van der Waals surface area contributed by atoms with E-state index in [-0.39, 0.29) is 11.6 Å². The normalized spacial score (nSPS) is 18.8. The Morgan fingerprint density at radius 1 is 0.774 bits per heavy atom. The Balaban J connectivity index is 1.39. The molecule has 0 amide bonds. The van der Waals surface area contributed by atoms with E-state index in [2.05, 4.69) is 25.1 Å². The average Bonchev–Trinajstić information content (AvgIpc) is 2.79. The summed E-state index contributed by atoms with van der Waals surface area (Å²) < 4.78 is 28.3. The molecule has 0 unspecified atom stereocenters. The van der Waals surface area contributed by atoms with Gasteiger partial charge in [-0.1, -0.05) is 68.3 Å². The maximum atomic E-state index is 15.0. The minimum Gasteiger partial charge on any atom is -0.207 e. The van der Waals surface area contributed by atoms with Crippen molar-refractivity contribution in [2.24, 2.45) is 5.92 Å². The molecule has 3 aromatic rings. The molecule has 0 radical (unpaired) electrons. The van der Waals surface area contributed by atoms with Gasteiger partial charge in [-0.25, -0.2) is 8.78 Å². The van der Waals surface area contributed by atoms with Crippen molar-refractivity contribution in [2.45, 2.75) is 64.2 Å². The Morgan fingerprint density at radius 2 is 1.52 bits per heavy atom. The Hall–Kier alpha value is -2.48. The molecule has 0 N–H and O–H groups in total. The van der Waals surface area contributed by atoms with Gasteiger partial charge in [0.15, 0.2) is 0 Å². The van der Waals surface area contributed by atoms with Crippen molar-refractivity contribution in [3.8, 4) is 11.1 Å². The number of hydrogen-bond donors (Lipinski definition) is 0. The fraction of sp³-hybridized carbons (Fsp3) is 0.379. The smallest absolute Gasteiger partial charge is 0.131 e. The van der Waals surface area contributed by atoms with Gasteiger partial charge in [-0.3, -0.25) is 0 Å². The van der Waals surface area contributed by atoms with Crippen LogP contribution in [0, 0.1) is 17.6 Å². The number of halogens is 2. The molecule has 31 heavy (non-hydrogen) atoms. The average molecular weight is 419 g/mol. The standard InChI is InChI=1S/C29H32F2/c1-2-4-21-9-13-24(14-10-21)26-17-18-28(29(31)20-26)25-15-11-22(12-16-25)7-8-23-5-3-6-27(30)19-23/h3,5-6,11-12,15-21,24H,2,4,7-10,13-14H2,1H3. The van der Waals surface area contributed by atoms with Crippen LogP contribution >= 0.6 is 0 Å². The van der Waals surface area contributed by atoms with Crippen LogP contribution in [0.3, 0.4) is 0 Å². The summed E-state index contributed by atoms with van der Waals surface area (Å²) in [5.74, 6) is 1.05. The largest absolute Gasteiger partial charge is 0.207 e. The van der Waals surface area contributed by atoms with E-state index in [1.807, 2.05) is 24.3 Å². The van der Waals surface area contributed by atoms with Gasteiger partial charge in [0.25, 0.3) is 0 Å². The van der Waals surface area contributed by atoms with Crippen molar-refractivity contribution < 1.29 is 8.78 Å². The maximum absolute atomic E-state index is 15.0. The molecular weight excluding hydrogens is 386 g/mol. The molecule has 2 heteroatoms. The zero-order valence-corrected chi connectivity index (χ0v) is 18.4. The fourth-order valence-corrected chi connectivity index (χ4v) is 5.04. The zero-order chi connectivity index (χ0) is 21.6. The molecule has 1 aliphatic carbocycles. The first-order valence-corrected chi connectivity index (χ1v) is 11.8. The van der Waals surface area contributed by atoms with E-state index < -0.39 is 0 Å². The van der Waals surface area contributed by atoms with Crippen molar-refractivity contribution in [1.82, 2.24) is 0 Å². The third-order valence-electron chi connectivity index (χ3n) is 6.86. The molecular formula is C29H32F2. The van der Waals surface area contributed by atoms with Gasteiger partial charge in [0.05, 0.1) is 0 Å². The van der Waals surface area contributed by atoms with Gasteiger partial charge in [0, 0.05) is 5.56 Å². The maximum Gasteiger partial charge on any atom is 0.131 e. The molecule has 0 aliphatic heterocycles. The summed E-state index contributed by atoms with van der Waals surface area (Å²) in [5, 5.41) is 0. The van der Waals surface area contributed by atoms with Crippen LogP contribution < -0.4 is 0 Å². The highest BCUT2D eigenvalue weighted by Gasteiger charge is 2.22. The fourth-order valence-electron chi connectivity index (χ4n) is 5.04. The molecule has 0 aromatic heterocycles. The summed E-state index contributed by atoms with van der Waals surface area (Å²) in [6, 6.07) is 20.7. The monoisotopic (exact) mass is 418 g/mol. The van der Waals surface area contributed by atoms with Crippen molar-refractivity contribution in [3.63, 3.8) is 0 Å². The van der Waals surface area contributed by atoms with Gasteiger partial charge in [0.1, 0.15) is 11.6 Å². The molecule has 162 valence electrons. The molecule has 1 aliphatic rings. The highest BCUT2D eigenvalue weighted by Crippen LogP contribution is 2.38. The lowest BCUT2D eigenvalue weighted by atomic mass is 9.77. The Bertz CT molecular complexity index is 982. The summed E-state index contributed by atoms with van der Waals surface area (Å²) in [6.07, 6.45) is 9.15. The van der Waals surface area contributed by atoms with E-state index in [4.69, 9.17) is 0 Å². The first-order chi connectivity index (χ1) is 15.1. The lowest BCUT2D eigenvalue weighted by Gasteiger charge is -2.28. The van der Waals surface area contributed by atoms with Gasteiger partial charge in [-0.05, 0) is 90.8 Å². The molecule has 0 heterocycles. The van der Waals surface area contributed by atoms with E-state index in [9.17, 15) is 8.78 Å². The van der Waals surface area contributed by atoms with Crippen LogP contribution in [-0.2, 0) is 12.8 Å². The number of hydrogen-bond acceptors (Lipinski definition) is 0. The zero-order valence-electron chi connectivity index (χ0n) is 18.4. The van der Waals surface area contributed by atoms with E-state index in [1.165, 1.54) is 50.2 Å².